The lowest BCUT2D eigenvalue weighted by molar-refractivity contribution is 0.964. The van der Waals surface area contributed by atoms with E-state index in [2.05, 4.69) is 33.6 Å². The fourth-order valence-electron chi connectivity index (χ4n) is 2.00. The lowest BCUT2D eigenvalue weighted by Crippen LogP contribution is -2.08. The molecule has 2 rings (SSSR count). The maximum absolute atomic E-state index is 6.18. The molecule has 0 atom stereocenters. The molecular weight excluding hydrogens is 307 g/mol. The van der Waals surface area contributed by atoms with Crippen molar-refractivity contribution in [1.29, 1.82) is 0 Å². The standard InChI is InChI=1S/C15H18Cl2N4/c1-3-10-6-5-7-19-13(10)9-20-15-12(17)8-11(16)14(21-15)18-4-2/h5-8H,3-4,9H2,1-2H3,(H2,18,20,21). The van der Waals surface area contributed by atoms with E-state index in [-0.39, 0.29) is 0 Å². The van der Waals surface area contributed by atoms with Gasteiger partial charge in [0.15, 0.2) is 0 Å². The number of hydrogen-bond donors (Lipinski definition) is 2. The zero-order valence-electron chi connectivity index (χ0n) is 12.1. The minimum atomic E-state index is 0.496. The SMILES string of the molecule is CCNc1nc(NCc2ncccc2CC)c(Cl)cc1Cl. The second-order valence-electron chi connectivity index (χ2n) is 4.50. The summed E-state index contributed by atoms with van der Waals surface area (Å²) in [5.41, 5.74) is 2.21. The number of rotatable bonds is 6. The number of nitrogens with zero attached hydrogens (tertiary/aromatic N) is 2. The molecule has 4 nitrogen and oxygen atoms in total. The lowest BCUT2D eigenvalue weighted by Gasteiger charge is -2.12. The van der Waals surface area contributed by atoms with Gasteiger partial charge in [-0.25, -0.2) is 4.98 Å². The van der Waals surface area contributed by atoms with E-state index in [4.69, 9.17) is 23.2 Å². The van der Waals surface area contributed by atoms with Gasteiger partial charge in [0.2, 0.25) is 0 Å². The van der Waals surface area contributed by atoms with Crippen molar-refractivity contribution in [3.8, 4) is 0 Å². The van der Waals surface area contributed by atoms with Gasteiger partial charge in [-0.15, -0.1) is 0 Å². The molecule has 0 saturated carbocycles. The van der Waals surface area contributed by atoms with Crippen molar-refractivity contribution in [1.82, 2.24) is 9.97 Å². The Bertz CT molecular complexity index is 617. The first-order valence-corrected chi connectivity index (χ1v) is 7.67. The second-order valence-corrected chi connectivity index (χ2v) is 5.31. The summed E-state index contributed by atoms with van der Waals surface area (Å²) in [5, 5.41) is 7.34. The molecule has 0 aliphatic carbocycles. The van der Waals surface area contributed by atoms with Crippen LogP contribution in [0.25, 0.3) is 0 Å². The van der Waals surface area contributed by atoms with Crippen molar-refractivity contribution >= 4 is 34.8 Å². The monoisotopic (exact) mass is 324 g/mol. The van der Waals surface area contributed by atoms with Crippen LogP contribution in [0.4, 0.5) is 11.6 Å². The third-order valence-corrected chi connectivity index (χ3v) is 3.64. The number of anilines is 2. The first kappa shape index (κ1) is 15.9. The van der Waals surface area contributed by atoms with Gasteiger partial charge in [0, 0.05) is 12.7 Å². The fraction of sp³-hybridized carbons (Fsp3) is 0.333. The molecule has 0 unspecified atom stereocenters. The summed E-state index contributed by atoms with van der Waals surface area (Å²) in [7, 11) is 0. The second kappa shape index (κ2) is 7.48. The molecule has 0 aliphatic rings. The Balaban J connectivity index is 2.17. The maximum Gasteiger partial charge on any atom is 0.147 e. The van der Waals surface area contributed by atoms with Crippen LogP contribution in [0.3, 0.4) is 0 Å². The first-order chi connectivity index (χ1) is 10.2. The third kappa shape index (κ3) is 3.99. The summed E-state index contributed by atoms with van der Waals surface area (Å²) in [6, 6.07) is 5.71. The summed E-state index contributed by atoms with van der Waals surface area (Å²) in [5.74, 6) is 1.23. The average molecular weight is 325 g/mol. The van der Waals surface area contributed by atoms with Gasteiger partial charge < -0.3 is 10.6 Å². The molecule has 21 heavy (non-hydrogen) atoms. The van der Waals surface area contributed by atoms with Crippen LogP contribution in [0, 0.1) is 0 Å². The number of nitrogens with one attached hydrogen (secondary N) is 2. The van der Waals surface area contributed by atoms with E-state index in [1.54, 1.807) is 12.3 Å². The Labute approximate surface area is 134 Å². The highest BCUT2D eigenvalue weighted by Gasteiger charge is 2.09. The molecule has 2 heterocycles. The Morgan fingerprint density at radius 1 is 1.10 bits per heavy atom. The number of aryl methyl sites for hydroxylation is 1. The predicted molar refractivity (Wildman–Crippen MR) is 89.4 cm³/mol. The molecule has 0 radical (unpaired) electrons. The Kier molecular flexibility index (Phi) is 5.65. The molecule has 2 N–H and O–H groups in total. The zero-order chi connectivity index (χ0) is 15.2. The van der Waals surface area contributed by atoms with E-state index in [1.807, 2.05) is 13.0 Å². The van der Waals surface area contributed by atoms with Crippen LogP contribution >= 0.6 is 23.2 Å². The summed E-state index contributed by atoms with van der Waals surface area (Å²) in [4.78, 5) is 8.81. The summed E-state index contributed by atoms with van der Waals surface area (Å²) in [6.07, 6.45) is 2.73. The van der Waals surface area contributed by atoms with Gasteiger partial charge in [0.1, 0.15) is 11.6 Å². The molecule has 0 aromatic carbocycles. The van der Waals surface area contributed by atoms with Gasteiger partial charge in [0.25, 0.3) is 0 Å². The van der Waals surface area contributed by atoms with Gasteiger partial charge in [-0.2, -0.15) is 0 Å². The van der Waals surface area contributed by atoms with Crippen molar-refractivity contribution in [2.75, 3.05) is 17.2 Å². The van der Waals surface area contributed by atoms with Crippen LogP contribution in [-0.2, 0) is 13.0 Å². The minimum absolute atomic E-state index is 0.496. The van der Waals surface area contributed by atoms with Gasteiger partial charge in [-0.05, 0) is 31.0 Å². The molecule has 0 saturated heterocycles. The minimum Gasteiger partial charge on any atom is -0.369 e. The highest BCUT2D eigenvalue weighted by molar-refractivity contribution is 6.37. The predicted octanol–water partition coefficient (Wildman–Crippen LogP) is 4.39. The quantitative estimate of drug-likeness (QED) is 0.827. The van der Waals surface area contributed by atoms with E-state index in [0.29, 0.717) is 28.2 Å². The smallest absolute Gasteiger partial charge is 0.147 e. The number of aromatic nitrogens is 2. The van der Waals surface area contributed by atoms with Crippen LogP contribution in [0.15, 0.2) is 24.4 Å². The fourth-order valence-corrected chi connectivity index (χ4v) is 2.49. The first-order valence-electron chi connectivity index (χ1n) is 6.92. The molecule has 112 valence electrons. The Morgan fingerprint density at radius 2 is 1.81 bits per heavy atom. The van der Waals surface area contributed by atoms with Crippen molar-refractivity contribution in [2.24, 2.45) is 0 Å². The Morgan fingerprint density at radius 3 is 2.48 bits per heavy atom. The van der Waals surface area contributed by atoms with Gasteiger partial charge in [-0.1, -0.05) is 36.2 Å². The van der Waals surface area contributed by atoms with Crippen LogP contribution in [0.1, 0.15) is 25.1 Å². The molecule has 0 spiro atoms. The van der Waals surface area contributed by atoms with Crippen LogP contribution < -0.4 is 10.6 Å². The van der Waals surface area contributed by atoms with Gasteiger partial charge >= 0.3 is 0 Å². The van der Waals surface area contributed by atoms with Gasteiger partial charge in [0.05, 0.1) is 22.3 Å². The van der Waals surface area contributed by atoms with Crippen LogP contribution in [-0.4, -0.2) is 16.5 Å². The van der Waals surface area contributed by atoms with E-state index in [0.717, 1.165) is 18.7 Å². The topological polar surface area (TPSA) is 49.8 Å². The highest BCUT2D eigenvalue weighted by atomic mass is 35.5. The maximum atomic E-state index is 6.18. The molecule has 2 aromatic heterocycles. The summed E-state index contributed by atoms with van der Waals surface area (Å²) < 4.78 is 0. The molecule has 0 aliphatic heterocycles. The van der Waals surface area contributed by atoms with Crippen LogP contribution in [0.2, 0.25) is 10.0 Å². The van der Waals surface area contributed by atoms with Crippen LogP contribution in [0.5, 0.6) is 0 Å². The molecular formula is C15H18Cl2N4. The largest absolute Gasteiger partial charge is 0.369 e. The molecule has 0 bridgehead atoms. The van der Waals surface area contributed by atoms with Gasteiger partial charge in [-0.3, -0.25) is 4.98 Å². The number of pyridine rings is 2. The molecule has 0 amide bonds. The van der Waals surface area contributed by atoms with E-state index < -0.39 is 0 Å². The normalized spacial score (nSPS) is 10.5. The summed E-state index contributed by atoms with van der Waals surface area (Å²) in [6.45, 7) is 5.41. The number of halogens is 2. The molecule has 6 heteroatoms. The number of hydrogen-bond acceptors (Lipinski definition) is 4. The molecule has 0 fully saturated rings. The van der Waals surface area contributed by atoms with Crippen molar-refractivity contribution in [2.45, 2.75) is 26.8 Å². The van der Waals surface area contributed by atoms with Crippen molar-refractivity contribution in [3.05, 3.63) is 45.7 Å². The zero-order valence-corrected chi connectivity index (χ0v) is 13.6. The highest BCUT2D eigenvalue weighted by Crippen LogP contribution is 2.29. The van der Waals surface area contributed by atoms with E-state index in [9.17, 15) is 0 Å². The lowest BCUT2D eigenvalue weighted by atomic mass is 10.1. The molecule has 2 aromatic rings. The van der Waals surface area contributed by atoms with E-state index >= 15 is 0 Å². The van der Waals surface area contributed by atoms with Crippen molar-refractivity contribution in [3.63, 3.8) is 0 Å². The summed E-state index contributed by atoms with van der Waals surface area (Å²) >= 11 is 12.3. The van der Waals surface area contributed by atoms with Crippen molar-refractivity contribution < 1.29 is 0 Å². The third-order valence-electron chi connectivity index (χ3n) is 3.06. The Hall–Kier alpha value is -1.52. The van der Waals surface area contributed by atoms with E-state index in [1.165, 1.54) is 5.56 Å². The average Bonchev–Trinajstić information content (AvgIpc) is 2.49.